The van der Waals surface area contributed by atoms with Crippen molar-refractivity contribution in [2.45, 2.75) is 31.2 Å². The summed E-state index contributed by atoms with van der Waals surface area (Å²) in [6.07, 6.45) is 1.24. The van der Waals surface area contributed by atoms with Crippen LogP contribution in [0.4, 0.5) is 8.78 Å². The van der Waals surface area contributed by atoms with Crippen LogP contribution in [0.5, 0.6) is 0 Å². The molecule has 1 aliphatic carbocycles. The molecular formula is C17H20F2N2O3. The van der Waals surface area contributed by atoms with Gasteiger partial charge in [0.05, 0.1) is 6.54 Å². The molecule has 7 heteroatoms. The Bertz CT molecular complexity index is 682. The fourth-order valence-electron chi connectivity index (χ4n) is 3.43. The number of benzene rings is 1. The Kier molecular flexibility index (Phi) is 4.29. The average molecular weight is 338 g/mol. The number of amides is 1. The van der Waals surface area contributed by atoms with Gasteiger partial charge in [0.1, 0.15) is 11.6 Å². The van der Waals surface area contributed by atoms with Gasteiger partial charge in [-0.3, -0.25) is 14.9 Å². The lowest BCUT2D eigenvalue weighted by Crippen LogP contribution is -2.47. The maximum atomic E-state index is 13.8. The van der Waals surface area contributed by atoms with Gasteiger partial charge in [-0.15, -0.1) is 0 Å². The minimum Gasteiger partial charge on any atom is -0.480 e. The largest absolute Gasteiger partial charge is 0.480 e. The molecule has 1 aromatic carbocycles. The minimum atomic E-state index is -0.935. The third kappa shape index (κ3) is 3.40. The quantitative estimate of drug-likeness (QED) is 0.858. The number of carboxylic acid groups (broad SMARTS) is 1. The number of carbonyl (C=O) groups excluding carboxylic acids is 1. The van der Waals surface area contributed by atoms with Gasteiger partial charge in [0.2, 0.25) is 5.91 Å². The smallest absolute Gasteiger partial charge is 0.317 e. The van der Waals surface area contributed by atoms with Crippen LogP contribution in [0.15, 0.2) is 18.2 Å². The summed E-state index contributed by atoms with van der Waals surface area (Å²) < 4.78 is 26.8. The van der Waals surface area contributed by atoms with E-state index in [1.54, 1.807) is 4.90 Å². The molecule has 1 heterocycles. The van der Waals surface area contributed by atoms with Gasteiger partial charge in [-0.1, -0.05) is 6.07 Å². The first-order valence-corrected chi connectivity index (χ1v) is 8.00. The second-order valence-electron chi connectivity index (χ2n) is 6.93. The molecule has 0 unspecified atom stereocenters. The van der Waals surface area contributed by atoms with Crippen LogP contribution in [0.25, 0.3) is 0 Å². The first-order valence-electron chi connectivity index (χ1n) is 8.00. The zero-order valence-electron chi connectivity index (χ0n) is 13.4. The maximum Gasteiger partial charge on any atom is 0.317 e. The van der Waals surface area contributed by atoms with Crippen LogP contribution in [0.1, 0.15) is 31.2 Å². The summed E-state index contributed by atoms with van der Waals surface area (Å²) in [5, 5.41) is 11.7. The molecule has 130 valence electrons. The molecule has 3 atom stereocenters. The van der Waals surface area contributed by atoms with E-state index < -0.39 is 23.1 Å². The molecule has 0 aromatic heterocycles. The zero-order chi connectivity index (χ0) is 17.5. The van der Waals surface area contributed by atoms with Crippen molar-refractivity contribution < 1.29 is 23.5 Å². The van der Waals surface area contributed by atoms with Crippen molar-refractivity contribution in [3.05, 3.63) is 35.4 Å². The predicted molar refractivity (Wildman–Crippen MR) is 82.4 cm³/mol. The monoisotopic (exact) mass is 338 g/mol. The van der Waals surface area contributed by atoms with Crippen molar-refractivity contribution in [2.24, 2.45) is 5.92 Å². The highest BCUT2D eigenvalue weighted by Crippen LogP contribution is 2.49. The van der Waals surface area contributed by atoms with Crippen molar-refractivity contribution in [3.63, 3.8) is 0 Å². The lowest BCUT2D eigenvalue weighted by molar-refractivity contribution is -0.136. The van der Waals surface area contributed by atoms with Crippen LogP contribution in [-0.4, -0.2) is 47.1 Å². The molecule has 2 aliphatic rings. The summed E-state index contributed by atoms with van der Waals surface area (Å²) in [6.45, 7) is 2.74. The van der Waals surface area contributed by atoms with E-state index in [0.29, 0.717) is 31.5 Å². The molecule has 0 bridgehead atoms. The van der Waals surface area contributed by atoms with Crippen LogP contribution in [-0.2, 0) is 9.59 Å². The van der Waals surface area contributed by atoms with Crippen LogP contribution in [0, 0.1) is 17.6 Å². The molecule has 2 fully saturated rings. The first kappa shape index (κ1) is 16.8. The number of rotatable bonds is 5. The zero-order valence-corrected chi connectivity index (χ0v) is 13.4. The van der Waals surface area contributed by atoms with Gasteiger partial charge < -0.3 is 10.0 Å². The fraction of sp³-hybridized carbons (Fsp3) is 0.529. The number of carboxylic acids is 1. The van der Waals surface area contributed by atoms with Gasteiger partial charge >= 0.3 is 5.97 Å². The molecule has 0 spiro atoms. The topological polar surface area (TPSA) is 69.6 Å². The van der Waals surface area contributed by atoms with Crippen molar-refractivity contribution in [3.8, 4) is 0 Å². The number of nitrogens with zero attached hydrogens (tertiary/aromatic N) is 1. The molecule has 1 aromatic rings. The second-order valence-corrected chi connectivity index (χ2v) is 6.93. The standard InChI is InChI=1S/C17H20F2N2O3/c1-17(20-8-15(22)23)4-5-21(9-17)16(24)13-7-12(13)11-3-2-10(18)6-14(11)19/h2-3,6,12-13,20H,4-5,7-9H2,1H3,(H,22,23)/t12-,13+,17+/m1/s1. The maximum absolute atomic E-state index is 13.8. The Morgan fingerprint density at radius 3 is 2.83 bits per heavy atom. The number of aliphatic carboxylic acids is 1. The number of likely N-dealkylation sites (tertiary alicyclic amines) is 1. The highest BCUT2D eigenvalue weighted by Gasteiger charge is 2.49. The Morgan fingerprint density at radius 2 is 2.17 bits per heavy atom. The Morgan fingerprint density at radius 1 is 1.42 bits per heavy atom. The summed E-state index contributed by atoms with van der Waals surface area (Å²) >= 11 is 0. The average Bonchev–Trinajstić information content (AvgIpc) is 3.20. The van der Waals surface area contributed by atoms with E-state index in [4.69, 9.17) is 5.11 Å². The number of hydrogen-bond donors (Lipinski definition) is 2. The molecule has 1 aliphatic heterocycles. The summed E-state index contributed by atoms with van der Waals surface area (Å²) in [4.78, 5) is 25.0. The Balaban J connectivity index is 1.60. The molecule has 2 N–H and O–H groups in total. The van der Waals surface area contributed by atoms with Crippen molar-refractivity contribution in [2.75, 3.05) is 19.6 Å². The van der Waals surface area contributed by atoms with Crippen LogP contribution in [0.2, 0.25) is 0 Å². The Labute approximate surface area is 138 Å². The van der Waals surface area contributed by atoms with Gasteiger partial charge in [0, 0.05) is 30.6 Å². The van der Waals surface area contributed by atoms with Gasteiger partial charge in [-0.05, 0) is 37.3 Å². The SMILES string of the molecule is C[C@]1(NCC(=O)O)CCN(C(=O)[C@H]2C[C@@H]2c2ccc(F)cc2F)C1. The Hall–Kier alpha value is -2.02. The van der Waals surface area contributed by atoms with E-state index in [2.05, 4.69) is 5.32 Å². The first-order chi connectivity index (χ1) is 11.3. The summed E-state index contributed by atoms with van der Waals surface area (Å²) in [5.74, 6) is -2.67. The molecule has 1 amide bonds. The number of carbonyl (C=O) groups is 2. The molecular weight excluding hydrogens is 318 g/mol. The van der Waals surface area contributed by atoms with E-state index in [9.17, 15) is 18.4 Å². The van der Waals surface area contributed by atoms with Gasteiger partial charge in [0.15, 0.2) is 0 Å². The lowest BCUT2D eigenvalue weighted by atomic mass is 10.0. The van der Waals surface area contributed by atoms with E-state index in [-0.39, 0.29) is 24.3 Å². The van der Waals surface area contributed by atoms with E-state index in [1.165, 1.54) is 12.1 Å². The third-order valence-corrected chi connectivity index (χ3v) is 4.92. The van der Waals surface area contributed by atoms with Crippen molar-refractivity contribution >= 4 is 11.9 Å². The summed E-state index contributed by atoms with van der Waals surface area (Å²) in [6, 6.07) is 3.46. The number of nitrogens with one attached hydrogen (secondary N) is 1. The van der Waals surface area contributed by atoms with Gasteiger partial charge in [-0.25, -0.2) is 8.78 Å². The fourth-order valence-corrected chi connectivity index (χ4v) is 3.43. The van der Waals surface area contributed by atoms with E-state index in [0.717, 1.165) is 6.07 Å². The molecule has 24 heavy (non-hydrogen) atoms. The molecule has 1 saturated heterocycles. The summed E-state index contributed by atoms with van der Waals surface area (Å²) in [7, 11) is 0. The normalized spacial score (nSPS) is 28.9. The lowest BCUT2D eigenvalue weighted by Gasteiger charge is -2.25. The summed E-state index contributed by atoms with van der Waals surface area (Å²) in [5.41, 5.74) is -0.0276. The van der Waals surface area contributed by atoms with Gasteiger partial charge in [-0.2, -0.15) is 0 Å². The van der Waals surface area contributed by atoms with E-state index >= 15 is 0 Å². The number of hydrogen-bond acceptors (Lipinski definition) is 3. The molecule has 0 radical (unpaired) electrons. The number of halogens is 2. The second kappa shape index (κ2) is 6.12. The van der Waals surface area contributed by atoms with Crippen molar-refractivity contribution in [1.29, 1.82) is 0 Å². The minimum absolute atomic E-state index is 0.0374. The molecule has 1 saturated carbocycles. The van der Waals surface area contributed by atoms with Crippen LogP contribution in [0.3, 0.4) is 0 Å². The highest BCUT2D eigenvalue weighted by molar-refractivity contribution is 5.83. The van der Waals surface area contributed by atoms with E-state index in [1.807, 2.05) is 6.92 Å². The van der Waals surface area contributed by atoms with Crippen LogP contribution < -0.4 is 5.32 Å². The van der Waals surface area contributed by atoms with Gasteiger partial charge in [0.25, 0.3) is 0 Å². The molecule has 3 rings (SSSR count). The van der Waals surface area contributed by atoms with Crippen LogP contribution >= 0.6 is 0 Å². The van der Waals surface area contributed by atoms with Crippen molar-refractivity contribution in [1.82, 2.24) is 10.2 Å². The third-order valence-electron chi connectivity index (χ3n) is 4.92. The highest BCUT2D eigenvalue weighted by atomic mass is 19.1. The molecule has 5 nitrogen and oxygen atoms in total. The predicted octanol–water partition coefficient (Wildman–Crippen LogP) is 1.73.